The van der Waals surface area contributed by atoms with Crippen molar-refractivity contribution >= 4 is 23.9 Å². The fourth-order valence-corrected chi connectivity index (χ4v) is 2.85. The highest BCUT2D eigenvalue weighted by Crippen LogP contribution is 2.22. The van der Waals surface area contributed by atoms with Gasteiger partial charge in [0.05, 0.1) is 6.61 Å². The zero-order valence-corrected chi connectivity index (χ0v) is 17.3. The molecule has 0 atom stereocenters. The number of hydrogen-bond acceptors (Lipinski definition) is 4. The second-order valence-electron chi connectivity index (χ2n) is 6.78. The third-order valence-corrected chi connectivity index (χ3v) is 4.35. The number of nitrogens with one attached hydrogen (secondary N) is 1. The quantitative estimate of drug-likeness (QED) is 0.402. The number of aryl methyl sites for hydroxylation is 1. The molecule has 0 spiro atoms. The fourth-order valence-electron chi connectivity index (χ4n) is 2.85. The van der Waals surface area contributed by atoms with Crippen molar-refractivity contribution < 1.29 is 23.0 Å². The summed E-state index contributed by atoms with van der Waals surface area (Å²) < 4.78 is 40.2. The minimum absolute atomic E-state index is 0.159. The zero-order valence-electron chi connectivity index (χ0n) is 17.3. The number of carbonyl (C=O) groups is 1. The summed E-state index contributed by atoms with van der Waals surface area (Å²) >= 11 is 0. The standard InChI is InChI=1S/C23H23F2N3O3/c1-28-10-9-22(27-28)26-23(29)17-13-16(14-18(15-17)31-12-4-11-30-2)7-8-19-20(24)5-3-6-21(19)25/h3,5-10,13-15H,4,11-12H2,1-2H3,(H,26,27,29)/b8-7+. The highest BCUT2D eigenvalue weighted by Gasteiger charge is 2.11. The van der Waals surface area contributed by atoms with Crippen LogP contribution in [0.5, 0.6) is 5.75 Å². The Morgan fingerprint density at radius 1 is 1.13 bits per heavy atom. The summed E-state index contributed by atoms with van der Waals surface area (Å²) in [4.78, 5) is 12.7. The minimum atomic E-state index is -0.670. The molecule has 0 fully saturated rings. The Bertz CT molecular complexity index is 1060. The van der Waals surface area contributed by atoms with Crippen molar-refractivity contribution in [1.29, 1.82) is 0 Å². The third-order valence-electron chi connectivity index (χ3n) is 4.35. The second-order valence-corrected chi connectivity index (χ2v) is 6.78. The summed E-state index contributed by atoms with van der Waals surface area (Å²) in [5.41, 5.74) is 0.718. The van der Waals surface area contributed by atoms with Crippen LogP contribution in [0.4, 0.5) is 14.6 Å². The van der Waals surface area contributed by atoms with Crippen LogP contribution in [0.15, 0.2) is 48.7 Å². The molecule has 1 amide bonds. The maximum atomic E-state index is 13.9. The van der Waals surface area contributed by atoms with Gasteiger partial charge in [-0.25, -0.2) is 8.78 Å². The molecule has 1 N–H and O–H groups in total. The molecule has 0 aliphatic rings. The van der Waals surface area contributed by atoms with E-state index in [9.17, 15) is 13.6 Å². The van der Waals surface area contributed by atoms with Crippen molar-refractivity contribution in [3.8, 4) is 5.75 Å². The average molecular weight is 427 g/mol. The summed E-state index contributed by atoms with van der Waals surface area (Å²) in [6, 6.07) is 10.2. The van der Waals surface area contributed by atoms with Crippen molar-refractivity contribution in [2.75, 3.05) is 25.6 Å². The van der Waals surface area contributed by atoms with Crippen LogP contribution in [-0.4, -0.2) is 36.0 Å². The summed E-state index contributed by atoms with van der Waals surface area (Å²) in [6.07, 6.45) is 5.24. The first-order valence-electron chi connectivity index (χ1n) is 9.66. The maximum absolute atomic E-state index is 13.9. The molecule has 0 saturated carbocycles. The Morgan fingerprint density at radius 2 is 1.90 bits per heavy atom. The maximum Gasteiger partial charge on any atom is 0.257 e. The number of carbonyl (C=O) groups excluding carboxylic acids is 1. The van der Waals surface area contributed by atoms with Gasteiger partial charge in [0.25, 0.3) is 5.91 Å². The normalized spacial score (nSPS) is 11.1. The molecule has 162 valence electrons. The summed E-state index contributed by atoms with van der Waals surface area (Å²) in [6.45, 7) is 0.934. The van der Waals surface area contributed by atoms with E-state index in [-0.39, 0.29) is 11.5 Å². The molecule has 8 heteroatoms. The lowest BCUT2D eigenvalue weighted by Gasteiger charge is -2.10. The number of anilines is 1. The number of amides is 1. The van der Waals surface area contributed by atoms with Gasteiger partial charge in [0.15, 0.2) is 5.82 Å². The Morgan fingerprint density at radius 3 is 2.58 bits per heavy atom. The van der Waals surface area contributed by atoms with Crippen molar-refractivity contribution in [3.63, 3.8) is 0 Å². The summed E-state index contributed by atoms with van der Waals surface area (Å²) in [7, 11) is 3.35. The molecule has 3 rings (SSSR count). The molecule has 31 heavy (non-hydrogen) atoms. The van der Waals surface area contributed by atoms with Gasteiger partial charge in [-0.3, -0.25) is 9.48 Å². The largest absolute Gasteiger partial charge is 0.493 e. The number of nitrogens with zero attached hydrogens (tertiary/aromatic N) is 2. The molecule has 0 radical (unpaired) electrons. The van der Waals surface area contributed by atoms with E-state index in [4.69, 9.17) is 9.47 Å². The van der Waals surface area contributed by atoms with Crippen molar-refractivity contribution in [2.24, 2.45) is 7.05 Å². The number of ether oxygens (including phenoxy) is 2. The molecule has 0 aliphatic carbocycles. The molecule has 0 unspecified atom stereocenters. The number of benzene rings is 2. The topological polar surface area (TPSA) is 65.4 Å². The number of methoxy groups -OCH3 is 1. The van der Waals surface area contributed by atoms with Gasteiger partial charge in [-0.05, 0) is 42.0 Å². The van der Waals surface area contributed by atoms with Gasteiger partial charge in [-0.1, -0.05) is 12.1 Å². The summed E-state index contributed by atoms with van der Waals surface area (Å²) in [5.74, 6) is -0.858. The number of halogens is 2. The van der Waals surface area contributed by atoms with E-state index >= 15 is 0 Å². The van der Waals surface area contributed by atoms with E-state index in [0.29, 0.717) is 42.3 Å². The van der Waals surface area contributed by atoms with Crippen molar-refractivity contribution in [3.05, 3.63) is 77.0 Å². The first kappa shape index (κ1) is 22.2. The van der Waals surface area contributed by atoms with Gasteiger partial charge in [0.1, 0.15) is 17.4 Å². The number of aromatic nitrogens is 2. The lowest BCUT2D eigenvalue weighted by atomic mass is 10.1. The first-order chi connectivity index (χ1) is 15.0. The van der Waals surface area contributed by atoms with Crippen molar-refractivity contribution in [1.82, 2.24) is 9.78 Å². The SMILES string of the molecule is COCCCOc1cc(/C=C/c2c(F)cccc2F)cc(C(=O)Nc2ccn(C)n2)c1. The lowest BCUT2D eigenvalue weighted by Crippen LogP contribution is -2.13. The van der Waals surface area contributed by atoms with Crippen LogP contribution in [0.3, 0.4) is 0 Å². The molecule has 0 bridgehead atoms. The van der Waals surface area contributed by atoms with Crippen LogP contribution in [0.2, 0.25) is 0 Å². The first-order valence-corrected chi connectivity index (χ1v) is 9.66. The van der Waals surface area contributed by atoms with Crippen LogP contribution in [0.1, 0.15) is 27.9 Å². The predicted octanol–water partition coefficient (Wildman–Crippen LogP) is 4.54. The van der Waals surface area contributed by atoms with E-state index in [1.54, 1.807) is 49.3 Å². The van der Waals surface area contributed by atoms with E-state index in [1.807, 2.05) is 0 Å². The average Bonchev–Trinajstić information content (AvgIpc) is 3.15. The Balaban J connectivity index is 1.87. The van der Waals surface area contributed by atoms with E-state index < -0.39 is 11.6 Å². The molecule has 3 aromatic rings. The van der Waals surface area contributed by atoms with Crippen LogP contribution in [-0.2, 0) is 11.8 Å². The molecule has 2 aromatic carbocycles. The van der Waals surface area contributed by atoms with E-state index in [1.165, 1.54) is 30.4 Å². The van der Waals surface area contributed by atoms with Gasteiger partial charge < -0.3 is 14.8 Å². The molecule has 0 saturated heterocycles. The third kappa shape index (κ3) is 6.23. The van der Waals surface area contributed by atoms with Gasteiger partial charge in [-0.15, -0.1) is 0 Å². The number of rotatable bonds is 9. The smallest absolute Gasteiger partial charge is 0.257 e. The number of hydrogen-bond donors (Lipinski definition) is 1. The lowest BCUT2D eigenvalue weighted by molar-refractivity contribution is 0.102. The van der Waals surface area contributed by atoms with Gasteiger partial charge in [-0.2, -0.15) is 5.10 Å². The van der Waals surface area contributed by atoms with Crippen LogP contribution in [0.25, 0.3) is 12.2 Å². The van der Waals surface area contributed by atoms with E-state index in [2.05, 4.69) is 10.4 Å². The van der Waals surface area contributed by atoms with Crippen molar-refractivity contribution in [2.45, 2.75) is 6.42 Å². The monoisotopic (exact) mass is 427 g/mol. The molecule has 0 aliphatic heterocycles. The van der Waals surface area contributed by atoms with E-state index in [0.717, 1.165) is 0 Å². The molecule has 6 nitrogen and oxygen atoms in total. The van der Waals surface area contributed by atoms with Gasteiger partial charge >= 0.3 is 0 Å². The second kappa shape index (κ2) is 10.5. The molecular weight excluding hydrogens is 404 g/mol. The molecular formula is C23H23F2N3O3. The van der Waals surface area contributed by atoms with Crippen LogP contribution >= 0.6 is 0 Å². The highest BCUT2D eigenvalue weighted by molar-refractivity contribution is 6.04. The highest BCUT2D eigenvalue weighted by atomic mass is 19.1. The minimum Gasteiger partial charge on any atom is -0.493 e. The fraction of sp³-hybridized carbons (Fsp3) is 0.217. The Hall–Kier alpha value is -3.52. The Labute approximate surface area is 179 Å². The zero-order chi connectivity index (χ0) is 22.2. The Kier molecular flexibility index (Phi) is 7.50. The van der Waals surface area contributed by atoms with Crippen LogP contribution in [0, 0.1) is 11.6 Å². The summed E-state index contributed by atoms with van der Waals surface area (Å²) in [5, 5.41) is 6.84. The molecule has 1 aromatic heterocycles. The van der Waals surface area contributed by atoms with Gasteiger partial charge in [0, 0.05) is 50.6 Å². The van der Waals surface area contributed by atoms with Gasteiger partial charge in [0.2, 0.25) is 0 Å². The predicted molar refractivity (Wildman–Crippen MR) is 115 cm³/mol. The molecule has 1 heterocycles. The van der Waals surface area contributed by atoms with Crippen LogP contribution < -0.4 is 10.1 Å².